The molecule has 0 fully saturated rings. The van der Waals surface area contributed by atoms with Crippen LogP contribution in [-0.2, 0) is 16.2 Å². The van der Waals surface area contributed by atoms with E-state index in [4.69, 9.17) is 21.2 Å². The molecule has 0 aromatic heterocycles. The summed E-state index contributed by atoms with van der Waals surface area (Å²) in [5.74, 6) is 1.18. The van der Waals surface area contributed by atoms with Crippen molar-refractivity contribution in [1.29, 1.82) is 0 Å². The molecular formula is C19H20ClNO3. The summed E-state index contributed by atoms with van der Waals surface area (Å²) in [6.07, 6.45) is 0. The smallest absolute Gasteiger partial charge is 0.274 e. The molecular weight excluding hydrogens is 326 g/mol. The zero-order valence-electron chi connectivity index (χ0n) is 14.0. The van der Waals surface area contributed by atoms with Crippen LogP contribution in [0.5, 0.6) is 5.75 Å². The first-order valence-electron chi connectivity index (χ1n) is 7.65. The Labute approximate surface area is 147 Å². The normalized spacial score (nSPS) is 11.5. The van der Waals surface area contributed by atoms with Gasteiger partial charge in [0.05, 0.1) is 0 Å². The molecule has 0 aliphatic heterocycles. The van der Waals surface area contributed by atoms with Gasteiger partial charge >= 0.3 is 0 Å². The van der Waals surface area contributed by atoms with E-state index >= 15 is 0 Å². The summed E-state index contributed by atoms with van der Waals surface area (Å²) in [5, 5.41) is 3.06. The summed E-state index contributed by atoms with van der Waals surface area (Å²) in [4.78, 5) is 16.3. The lowest BCUT2D eigenvalue weighted by Gasteiger charge is -2.15. The number of benzene rings is 2. The van der Waals surface area contributed by atoms with Crippen molar-refractivity contribution < 1.29 is 14.4 Å². The van der Waals surface area contributed by atoms with Crippen molar-refractivity contribution in [1.82, 2.24) is 0 Å². The fraction of sp³-hybridized carbons (Fsp3) is 0.263. The lowest BCUT2D eigenvalue weighted by Crippen LogP contribution is -2.14. The molecule has 0 N–H and O–H groups in total. The minimum absolute atomic E-state index is 0.0653. The van der Waals surface area contributed by atoms with Crippen LogP contribution in [0.2, 0.25) is 0 Å². The van der Waals surface area contributed by atoms with Crippen LogP contribution < -0.4 is 4.74 Å². The molecule has 2 aromatic carbocycles. The molecule has 24 heavy (non-hydrogen) atoms. The van der Waals surface area contributed by atoms with E-state index in [1.165, 1.54) is 7.11 Å². The van der Waals surface area contributed by atoms with Crippen LogP contribution in [0.3, 0.4) is 0 Å². The minimum atomic E-state index is -0.674. The first-order chi connectivity index (χ1) is 11.5. The number of nitrogens with zero attached hydrogens (tertiary/aromatic N) is 1. The van der Waals surface area contributed by atoms with Gasteiger partial charge in [0.1, 0.15) is 19.5 Å². The molecule has 0 bridgehead atoms. The molecule has 0 saturated heterocycles. The third-order valence-corrected chi connectivity index (χ3v) is 3.74. The monoisotopic (exact) mass is 345 g/mol. The number of carbonyl (C=O) groups is 1. The summed E-state index contributed by atoms with van der Waals surface area (Å²) < 4.78 is 5.98. The van der Waals surface area contributed by atoms with Crippen LogP contribution in [0.15, 0.2) is 53.7 Å². The van der Waals surface area contributed by atoms with E-state index in [2.05, 4.69) is 19.0 Å². The average molecular weight is 346 g/mol. The fourth-order valence-corrected chi connectivity index (χ4v) is 2.54. The highest BCUT2D eigenvalue weighted by atomic mass is 35.5. The van der Waals surface area contributed by atoms with Crippen molar-refractivity contribution >= 4 is 22.6 Å². The number of hydrogen-bond donors (Lipinski definition) is 0. The molecule has 5 heteroatoms. The molecule has 4 nitrogen and oxygen atoms in total. The van der Waals surface area contributed by atoms with E-state index in [1.54, 1.807) is 6.07 Å². The Morgan fingerprint density at radius 2 is 1.79 bits per heavy atom. The number of oxime groups is 1. The van der Waals surface area contributed by atoms with Gasteiger partial charge in [-0.05, 0) is 34.7 Å². The van der Waals surface area contributed by atoms with Crippen LogP contribution in [0.25, 0.3) is 0 Å². The van der Waals surface area contributed by atoms with E-state index in [-0.39, 0.29) is 5.71 Å². The standard InChI is InChI=1S/C19H20ClNO3/c1-13(2)15-9-6-7-11-17(15)24-12-14-8-4-5-10-16(14)18(19(20)22)21-23-3/h4-11,13H,12H2,1-3H3. The predicted octanol–water partition coefficient (Wildman–Crippen LogP) is 4.50. The second kappa shape index (κ2) is 8.50. The van der Waals surface area contributed by atoms with Gasteiger partial charge in [0.25, 0.3) is 5.24 Å². The molecule has 0 unspecified atom stereocenters. The molecule has 0 aliphatic rings. The summed E-state index contributed by atoms with van der Waals surface area (Å²) in [6, 6.07) is 15.2. The largest absolute Gasteiger partial charge is 0.489 e. The summed E-state index contributed by atoms with van der Waals surface area (Å²) in [6.45, 7) is 4.53. The molecule has 0 atom stereocenters. The lowest BCUT2D eigenvalue weighted by molar-refractivity contribution is -0.106. The van der Waals surface area contributed by atoms with Gasteiger partial charge in [-0.2, -0.15) is 0 Å². The third kappa shape index (κ3) is 4.36. The second-order valence-electron chi connectivity index (χ2n) is 5.53. The van der Waals surface area contributed by atoms with Crippen molar-refractivity contribution in [2.75, 3.05) is 7.11 Å². The van der Waals surface area contributed by atoms with Gasteiger partial charge in [-0.3, -0.25) is 4.79 Å². The number of ether oxygens (including phenoxy) is 1. The third-order valence-electron chi connectivity index (χ3n) is 3.57. The van der Waals surface area contributed by atoms with Crippen molar-refractivity contribution in [2.45, 2.75) is 26.4 Å². The van der Waals surface area contributed by atoms with Crippen molar-refractivity contribution in [3.05, 3.63) is 65.2 Å². The fourth-order valence-electron chi connectivity index (χ4n) is 2.40. The van der Waals surface area contributed by atoms with Gasteiger partial charge in [0, 0.05) is 5.56 Å². The molecule has 2 rings (SSSR count). The maximum Gasteiger partial charge on any atom is 0.274 e. The van der Waals surface area contributed by atoms with Crippen LogP contribution >= 0.6 is 11.6 Å². The average Bonchev–Trinajstić information content (AvgIpc) is 2.58. The van der Waals surface area contributed by atoms with E-state index < -0.39 is 5.24 Å². The molecule has 2 aromatic rings. The van der Waals surface area contributed by atoms with Crippen LogP contribution in [0.4, 0.5) is 0 Å². The van der Waals surface area contributed by atoms with Crippen molar-refractivity contribution in [3.8, 4) is 5.75 Å². The van der Waals surface area contributed by atoms with Gasteiger partial charge in [0.2, 0.25) is 0 Å². The lowest BCUT2D eigenvalue weighted by atomic mass is 10.0. The Kier molecular flexibility index (Phi) is 6.38. The number of halogens is 1. The molecule has 0 aliphatic carbocycles. The van der Waals surface area contributed by atoms with Crippen LogP contribution in [0.1, 0.15) is 36.5 Å². The molecule has 0 radical (unpaired) electrons. The first-order valence-corrected chi connectivity index (χ1v) is 8.03. The Hall–Kier alpha value is -2.33. The van der Waals surface area contributed by atoms with Crippen molar-refractivity contribution in [2.24, 2.45) is 5.16 Å². The minimum Gasteiger partial charge on any atom is -0.489 e. The van der Waals surface area contributed by atoms with E-state index in [9.17, 15) is 4.79 Å². The molecule has 0 heterocycles. The Morgan fingerprint density at radius 3 is 2.46 bits per heavy atom. The number of carbonyl (C=O) groups excluding carboxylic acids is 1. The zero-order valence-corrected chi connectivity index (χ0v) is 14.7. The highest BCUT2D eigenvalue weighted by Crippen LogP contribution is 2.27. The molecule has 0 spiro atoms. The van der Waals surface area contributed by atoms with Gasteiger partial charge in [-0.25, -0.2) is 0 Å². The summed E-state index contributed by atoms with van der Waals surface area (Å²) in [5.41, 5.74) is 2.60. The summed E-state index contributed by atoms with van der Waals surface area (Å²) >= 11 is 5.62. The van der Waals surface area contributed by atoms with Gasteiger partial charge in [-0.1, -0.05) is 61.5 Å². The number of rotatable bonds is 7. The van der Waals surface area contributed by atoms with E-state index in [0.717, 1.165) is 16.9 Å². The topological polar surface area (TPSA) is 47.9 Å². The van der Waals surface area contributed by atoms with E-state index in [1.807, 2.05) is 42.5 Å². The maximum absolute atomic E-state index is 11.6. The molecule has 0 amide bonds. The highest BCUT2D eigenvalue weighted by Gasteiger charge is 2.17. The molecule has 126 valence electrons. The Bertz CT molecular complexity index is 741. The number of para-hydroxylation sites is 1. The van der Waals surface area contributed by atoms with Crippen LogP contribution in [0, 0.1) is 0 Å². The maximum atomic E-state index is 11.6. The first kappa shape index (κ1) is 18.0. The van der Waals surface area contributed by atoms with E-state index in [0.29, 0.717) is 18.1 Å². The SMILES string of the molecule is CON=C(C(=O)Cl)c1ccccc1COc1ccccc1C(C)C. The quantitative estimate of drug-likeness (QED) is 0.421. The Balaban J connectivity index is 2.29. The van der Waals surface area contributed by atoms with Gasteiger partial charge < -0.3 is 9.57 Å². The van der Waals surface area contributed by atoms with Gasteiger partial charge in [-0.15, -0.1) is 0 Å². The zero-order chi connectivity index (χ0) is 17.5. The van der Waals surface area contributed by atoms with Crippen molar-refractivity contribution in [3.63, 3.8) is 0 Å². The molecule has 0 saturated carbocycles. The second-order valence-corrected chi connectivity index (χ2v) is 5.88. The number of hydrogen-bond acceptors (Lipinski definition) is 4. The Morgan fingerprint density at radius 1 is 1.12 bits per heavy atom. The van der Waals surface area contributed by atoms with Crippen LogP contribution in [-0.4, -0.2) is 18.1 Å². The van der Waals surface area contributed by atoms with Gasteiger partial charge in [0.15, 0.2) is 5.71 Å². The summed E-state index contributed by atoms with van der Waals surface area (Å²) in [7, 11) is 1.37. The predicted molar refractivity (Wildman–Crippen MR) is 95.7 cm³/mol. The highest BCUT2D eigenvalue weighted by molar-refractivity contribution is 6.84.